The second-order valence-corrected chi connectivity index (χ2v) is 5.90. The number of hydrazine groups is 1. The summed E-state index contributed by atoms with van der Waals surface area (Å²) in [6.07, 6.45) is 2.77. The number of nitrogens with one attached hydrogen (secondary N) is 1. The predicted octanol–water partition coefficient (Wildman–Crippen LogP) is 3.15. The van der Waals surface area contributed by atoms with E-state index in [0.29, 0.717) is 6.10 Å². The SMILES string of the molecule is Cc1ccsc1C(NN)c1cccc(OC2CC2)c1. The maximum atomic E-state index is 5.84. The molecule has 0 bridgehead atoms. The molecule has 0 radical (unpaired) electrons. The zero-order chi connectivity index (χ0) is 13.2. The first-order valence-corrected chi connectivity index (χ1v) is 7.42. The lowest BCUT2D eigenvalue weighted by Crippen LogP contribution is -2.28. The molecule has 3 N–H and O–H groups in total. The van der Waals surface area contributed by atoms with E-state index in [1.165, 1.54) is 23.3 Å². The first kappa shape index (κ1) is 12.7. The van der Waals surface area contributed by atoms with Crippen molar-refractivity contribution in [1.29, 1.82) is 0 Å². The summed E-state index contributed by atoms with van der Waals surface area (Å²) in [5, 5.41) is 2.10. The summed E-state index contributed by atoms with van der Waals surface area (Å²) < 4.78 is 5.84. The van der Waals surface area contributed by atoms with Gasteiger partial charge in [0.1, 0.15) is 5.75 Å². The molecular weight excluding hydrogens is 256 g/mol. The summed E-state index contributed by atoms with van der Waals surface area (Å²) in [6.45, 7) is 2.11. The van der Waals surface area contributed by atoms with Crippen molar-refractivity contribution >= 4 is 11.3 Å². The van der Waals surface area contributed by atoms with Crippen LogP contribution in [0.1, 0.15) is 34.9 Å². The number of nitrogens with two attached hydrogens (primary N) is 1. The van der Waals surface area contributed by atoms with Gasteiger partial charge in [-0.3, -0.25) is 5.84 Å². The number of hydrogen-bond acceptors (Lipinski definition) is 4. The molecule has 2 aromatic rings. The molecule has 1 aromatic carbocycles. The third-order valence-corrected chi connectivity index (χ3v) is 4.43. The van der Waals surface area contributed by atoms with Gasteiger partial charge in [-0.2, -0.15) is 0 Å². The molecule has 0 aliphatic heterocycles. The van der Waals surface area contributed by atoms with Crippen LogP contribution in [0, 0.1) is 6.92 Å². The normalized spacial score (nSPS) is 16.3. The van der Waals surface area contributed by atoms with Crippen LogP contribution in [0.25, 0.3) is 0 Å². The fraction of sp³-hybridized carbons (Fsp3) is 0.333. The zero-order valence-corrected chi connectivity index (χ0v) is 11.7. The van der Waals surface area contributed by atoms with E-state index in [4.69, 9.17) is 10.6 Å². The topological polar surface area (TPSA) is 47.3 Å². The van der Waals surface area contributed by atoms with Crippen LogP contribution >= 0.6 is 11.3 Å². The Bertz CT molecular complexity index is 563. The van der Waals surface area contributed by atoms with Crippen molar-refractivity contribution < 1.29 is 4.74 Å². The molecule has 0 amide bonds. The van der Waals surface area contributed by atoms with Gasteiger partial charge >= 0.3 is 0 Å². The highest BCUT2D eigenvalue weighted by Crippen LogP contribution is 2.32. The average molecular weight is 274 g/mol. The molecule has 1 heterocycles. The molecule has 3 nitrogen and oxygen atoms in total. The highest BCUT2D eigenvalue weighted by molar-refractivity contribution is 7.10. The molecule has 0 spiro atoms. The van der Waals surface area contributed by atoms with Crippen molar-refractivity contribution in [2.24, 2.45) is 5.84 Å². The molecule has 0 saturated heterocycles. The molecule has 4 heteroatoms. The van der Waals surface area contributed by atoms with E-state index in [0.717, 1.165) is 11.3 Å². The second kappa shape index (κ2) is 5.33. The van der Waals surface area contributed by atoms with Crippen LogP contribution in [-0.2, 0) is 0 Å². The molecule has 1 fully saturated rings. The van der Waals surface area contributed by atoms with E-state index in [2.05, 4.69) is 35.9 Å². The Morgan fingerprint density at radius 1 is 1.37 bits per heavy atom. The molecule has 1 aliphatic rings. The van der Waals surface area contributed by atoms with Crippen molar-refractivity contribution in [3.8, 4) is 5.75 Å². The number of rotatable bonds is 5. The fourth-order valence-corrected chi connectivity index (χ4v) is 3.16. The summed E-state index contributed by atoms with van der Waals surface area (Å²) in [7, 11) is 0. The van der Waals surface area contributed by atoms with Crippen LogP contribution in [0.4, 0.5) is 0 Å². The van der Waals surface area contributed by atoms with Crippen molar-refractivity contribution in [3.05, 3.63) is 51.7 Å². The molecule has 1 aliphatic carbocycles. The zero-order valence-electron chi connectivity index (χ0n) is 10.9. The third kappa shape index (κ3) is 2.81. The van der Waals surface area contributed by atoms with Crippen LogP contribution in [-0.4, -0.2) is 6.10 Å². The summed E-state index contributed by atoms with van der Waals surface area (Å²) in [5.74, 6) is 6.68. The van der Waals surface area contributed by atoms with E-state index >= 15 is 0 Å². The lowest BCUT2D eigenvalue weighted by atomic mass is 10.0. The number of ether oxygens (including phenoxy) is 1. The quantitative estimate of drug-likeness (QED) is 0.650. The van der Waals surface area contributed by atoms with Crippen molar-refractivity contribution in [2.45, 2.75) is 31.9 Å². The first-order valence-electron chi connectivity index (χ1n) is 6.54. The van der Waals surface area contributed by atoms with Gasteiger partial charge in [-0.15, -0.1) is 11.3 Å². The van der Waals surface area contributed by atoms with Crippen molar-refractivity contribution in [2.75, 3.05) is 0 Å². The van der Waals surface area contributed by atoms with Gasteiger partial charge in [-0.05, 0) is 54.5 Å². The smallest absolute Gasteiger partial charge is 0.120 e. The van der Waals surface area contributed by atoms with Crippen LogP contribution in [0.3, 0.4) is 0 Å². The van der Waals surface area contributed by atoms with Gasteiger partial charge in [-0.1, -0.05) is 12.1 Å². The van der Waals surface area contributed by atoms with Crippen molar-refractivity contribution in [1.82, 2.24) is 5.43 Å². The van der Waals surface area contributed by atoms with Crippen LogP contribution in [0.15, 0.2) is 35.7 Å². The Labute approximate surface area is 117 Å². The summed E-state index contributed by atoms with van der Waals surface area (Å²) in [4.78, 5) is 1.26. The Hall–Kier alpha value is -1.36. The fourth-order valence-electron chi connectivity index (χ4n) is 2.15. The second-order valence-electron chi connectivity index (χ2n) is 4.96. The van der Waals surface area contributed by atoms with Gasteiger partial charge in [-0.25, -0.2) is 5.43 Å². The van der Waals surface area contributed by atoms with Gasteiger partial charge in [0.15, 0.2) is 0 Å². The number of aryl methyl sites for hydroxylation is 1. The largest absolute Gasteiger partial charge is 0.490 e. The Morgan fingerprint density at radius 3 is 2.84 bits per heavy atom. The molecule has 1 aromatic heterocycles. The minimum absolute atomic E-state index is 0.0303. The number of thiophene rings is 1. The molecule has 1 saturated carbocycles. The van der Waals surface area contributed by atoms with Crippen LogP contribution < -0.4 is 16.0 Å². The Morgan fingerprint density at radius 2 is 2.21 bits per heavy atom. The van der Waals surface area contributed by atoms with Crippen LogP contribution in [0.2, 0.25) is 0 Å². The minimum Gasteiger partial charge on any atom is -0.490 e. The highest BCUT2D eigenvalue weighted by atomic mass is 32.1. The van der Waals surface area contributed by atoms with Gasteiger partial charge in [0.05, 0.1) is 12.1 Å². The predicted molar refractivity (Wildman–Crippen MR) is 78.3 cm³/mol. The molecular formula is C15H18N2OS. The number of benzene rings is 1. The molecule has 1 atom stereocenters. The highest BCUT2D eigenvalue weighted by Gasteiger charge is 2.24. The van der Waals surface area contributed by atoms with Gasteiger partial charge in [0, 0.05) is 4.88 Å². The molecule has 1 unspecified atom stereocenters. The van der Waals surface area contributed by atoms with Gasteiger partial charge < -0.3 is 4.74 Å². The monoisotopic (exact) mass is 274 g/mol. The third-order valence-electron chi connectivity index (χ3n) is 3.35. The molecule has 3 rings (SSSR count). The molecule has 19 heavy (non-hydrogen) atoms. The standard InChI is InChI=1S/C15H18N2OS/c1-10-7-8-19-15(10)14(17-16)11-3-2-4-13(9-11)18-12-5-6-12/h2-4,7-9,12,14,17H,5-6,16H2,1H3. The minimum atomic E-state index is 0.0303. The lowest BCUT2D eigenvalue weighted by Gasteiger charge is -2.17. The summed E-state index contributed by atoms with van der Waals surface area (Å²) in [6, 6.07) is 10.4. The summed E-state index contributed by atoms with van der Waals surface area (Å²) in [5.41, 5.74) is 5.32. The van der Waals surface area contributed by atoms with E-state index in [1.54, 1.807) is 11.3 Å². The maximum Gasteiger partial charge on any atom is 0.120 e. The van der Waals surface area contributed by atoms with E-state index < -0.39 is 0 Å². The van der Waals surface area contributed by atoms with E-state index in [-0.39, 0.29) is 6.04 Å². The van der Waals surface area contributed by atoms with Gasteiger partial charge in [0.2, 0.25) is 0 Å². The van der Waals surface area contributed by atoms with Gasteiger partial charge in [0.25, 0.3) is 0 Å². The summed E-state index contributed by atoms with van der Waals surface area (Å²) >= 11 is 1.73. The molecule has 100 valence electrons. The van der Waals surface area contributed by atoms with E-state index in [1.807, 2.05) is 12.1 Å². The van der Waals surface area contributed by atoms with E-state index in [9.17, 15) is 0 Å². The Balaban J connectivity index is 1.88. The maximum absolute atomic E-state index is 5.84. The first-order chi connectivity index (χ1) is 9.28. The lowest BCUT2D eigenvalue weighted by molar-refractivity contribution is 0.302. The number of hydrogen-bond donors (Lipinski definition) is 2. The van der Waals surface area contributed by atoms with Crippen molar-refractivity contribution in [3.63, 3.8) is 0 Å². The average Bonchev–Trinajstić information content (AvgIpc) is 3.13. The Kier molecular flexibility index (Phi) is 3.55. The van der Waals surface area contributed by atoms with Crippen LogP contribution in [0.5, 0.6) is 5.75 Å².